The maximum atomic E-state index is 3.56. The van der Waals surface area contributed by atoms with E-state index in [0.29, 0.717) is 5.41 Å². The van der Waals surface area contributed by atoms with E-state index >= 15 is 0 Å². The first-order valence-corrected chi connectivity index (χ1v) is 8.03. The summed E-state index contributed by atoms with van der Waals surface area (Å²) in [6.45, 7) is 13.5. The summed E-state index contributed by atoms with van der Waals surface area (Å²) in [6, 6.07) is 0. The predicted molar refractivity (Wildman–Crippen MR) is 78.8 cm³/mol. The lowest BCUT2D eigenvalue weighted by Crippen LogP contribution is -2.40. The fourth-order valence-electron chi connectivity index (χ4n) is 4.22. The van der Waals surface area contributed by atoms with Gasteiger partial charge < -0.3 is 10.2 Å². The zero-order valence-electron chi connectivity index (χ0n) is 12.7. The fraction of sp³-hybridized carbons (Fsp3) is 1.00. The van der Waals surface area contributed by atoms with Crippen LogP contribution in [0.25, 0.3) is 0 Å². The quantitative estimate of drug-likeness (QED) is 0.827. The summed E-state index contributed by atoms with van der Waals surface area (Å²) in [5, 5.41) is 3.56. The molecule has 1 saturated heterocycles. The number of nitrogens with zero attached hydrogens (tertiary/aromatic N) is 1. The topological polar surface area (TPSA) is 15.3 Å². The molecule has 106 valence electrons. The van der Waals surface area contributed by atoms with Crippen molar-refractivity contribution in [2.75, 3.05) is 32.7 Å². The molecule has 0 aromatic carbocycles. The molecule has 0 spiro atoms. The Balaban J connectivity index is 1.95. The maximum Gasteiger partial charge on any atom is 0.0107 e. The molecule has 2 heteroatoms. The van der Waals surface area contributed by atoms with Crippen LogP contribution in [-0.4, -0.2) is 37.6 Å². The van der Waals surface area contributed by atoms with Crippen molar-refractivity contribution in [3.63, 3.8) is 0 Å². The molecule has 2 nitrogen and oxygen atoms in total. The Morgan fingerprint density at radius 1 is 1.28 bits per heavy atom. The van der Waals surface area contributed by atoms with Crippen molar-refractivity contribution in [2.24, 2.45) is 17.3 Å². The van der Waals surface area contributed by atoms with Crippen molar-refractivity contribution in [3.05, 3.63) is 0 Å². The molecule has 0 radical (unpaired) electrons. The summed E-state index contributed by atoms with van der Waals surface area (Å²) in [5.41, 5.74) is 0.651. The molecule has 1 saturated carbocycles. The minimum absolute atomic E-state index is 0.651. The van der Waals surface area contributed by atoms with Crippen LogP contribution in [0.1, 0.15) is 52.9 Å². The lowest BCUT2D eigenvalue weighted by molar-refractivity contribution is 0.125. The molecule has 1 heterocycles. The normalized spacial score (nSPS) is 29.7. The minimum atomic E-state index is 0.651. The van der Waals surface area contributed by atoms with Crippen molar-refractivity contribution in [2.45, 2.75) is 52.9 Å². The van der Waals surface area contributed by atoms with E-state index in [1.54, 1.807) is 0 Å². The first-order valence-electron chi connectivity index (χ1n) is 8.03. The Bertz CT molecular complexity index is 243. The number of hydrogen-bond acceptors (Lipinski definition) is 2. The third kappa shape index (κ3) is 3.96. The van der Waals surface area contributed by atoms with E-state index in [2.05, 4.69) is 31.0 Å². The minimum Gasteiger partial charge on any atom is -0.315 e. The third-order valence-corrected chi connectivity index (χ3v) is 4.73. The average molecular weight is 252 g/mol. The largest absolute Gasteiger partial charge is 0.315 e. The van der Waals surface area contributed by atoms with Crippen LogP contribution in [0.15, 0.2) is 0 Å². The molecule has 2 fully saturated rings. The van der Waals surface area contributed by atoms with Crippen LogP contribution in [0.2, 0.25) is 0 Å². The van der Waals surface area contributed by atoms with Crippen molar-refractivity contribution in [3.8, 4) is 0 Å². The van der Waals surface area contributed by atoms with Gasteiger partial charge in [0.15, 0.2) is 0 Å². The molecule has 18 heavy (non-hydrogen) atoms. The number of hydrogen-bond donors (Lipinski definition) is 1. The molecule has 1 N–H and O–H groups in total. The van der Waals surface area contributed by atoms with Gasteiger partial charge in [0.1, 0.15) is 0 Å². The monoisotopic (exact) mass is 252 g/mol. The summed E-state index contributed by atoms with van der Waals surface area (Å²) in [4.78, 5) is 2.75. The molecule has 0 amide bonds. The molecule has 2 rings (SSSR count). The van der Waals surface area contributed by atoms with Gasteiger partial charge in [-0.2, -0.15) is 0 Å². The second-order valence-electron chi connectivity index (χ2n) is 7.35. The second kappa shape index (κ2) is 6.38. The second-order valence-corrected chi connectivity index (χ2v) is 7.35. The highest BCUT2D eigenvalue weighted by atomic mass is 15.2. The van der Waals surface area contributed by atoms with E-state index in [-0.39, 0.29) is 0 Å². The molecule has 1 aliphatic carbocycles. The Morgan fingerprint density at radius 2 is 2.00 bits per heavy atom. The Kier molecular flexibility index (Phi) is 5.08. The van der Waals surface area contributed by atoms with Gasteiger partial charge in [-0.15, -0.1) is 0 Å². The third-order valence-electron chi connectivity index (χ3n) is 4.73. The zero-order chi connectivity index (χ0) is 13.0. The van der Waals surface area contributed by atoms with Gasteiger partial charge in [0.2, 0.25) is 0 Å². The van der Waals surface area contributed by atoms with E-state index in [0.717, 1.165) is 11.8 Å². The van der Waals surface area contributed by atoms with Crippen LogP contribution in [0, 0.1) is 17.3 Å². The van der Waals surface area contributed by atoms with Gasteiger partial charge in [-0.3, -0.25) is 0 Å². The fourth-order valence-corrected chi connectivity index (χ4v) is 4.22. The summed E-state index contributed by atoms with van der Waals surface area (Å²) < 4.78 is 0. The van der Waals surface area contributed by atoms with E-state index in [4.69, 9.17) is 0 Å². The van der Waals surface area contributed by atoms with Crippen LogP contribution < -0.4 is 5.32 Å². The SMILES string of the molecule is CC(C)CC1(CN2CCNCC(C)C2)CCCC1. The molecular weight excluding hydrogens is 220 g/mol. The van der Waals surface area contributed by atoms with Crippen LogP contribution in [0.4, 0.5) is 0 Å². The average Bonchev–Trinajstić information content (AvgIpc) is 2.61. The molecule has 1 unspecified atom stereocenters. The van der Waals surface area contributed by atoms with Gasteiger partial charge >= 0.3 is 0 Å². The molecular formula is C16H32N2. The standard InChI is InChI=1S/C16H32N2/c1-14(2)10-16(6-4-5-7-16)13-18-9-8-17-11-15(3)12-18/h14-15,17H,4-13H2,1-3H3. The molecule has 1 aliphatic heterocycles. The van der Waals surface area contributed by atoms with Crippen molar-refractivity contribution in [1.82, 2.24) is 10.2 Å². The highest BCUT2D eigenvalue weighted by Crippen LogP contribution is 2.43. The molecule has 2 aliphatic rings. The molecule has 1 atom stereocenters. The van der Waals surface area contributed by atoms with E-state index in [1.807, 2.05) is 0 Å². The van der Waals surface area contributed by atoms with Crippen molar-refractivity contribution < 1.29 is 0 Å². The summed E-state index contributed by atoms with van der Waals surface area (Å²) in [6.07, 6.45) is 7.32. The van der Waals surface area contributed by atoms with Gasteiger partial charge in [0, 0.05) is 26.2 Å². The van der Waals surface area contributed by atoms with Crippen LogP contribution >= 0.6 is 0 Å². The maximum absolute atomic E-state index is 3.56. The van der Waals surface area contributed by atoms with E-state index < -0.39 is 0 Å². The highest BCUT2D eigenvalue weighted by Gasteiger charge is 2.36. The lowest BCUT2D eigenvalue weighted by Gasteiger charge is -2.37. The summed E-state index contributed by atoms with van der Waals surface area (Å²) in [7, 11) is 0. The number of rotatable bonds is 4. The molecule has 0 bridgehead atoms. The van der Waals surface area contributed by atoms with Gasteiger partial charge in [-0.25, -0.2) is 0 Å². The lowest BCUT2D eigenvalue weighted by atomic mass is 9.78. The number of nitrogens with one attached hydrogen (secondary N) is 1. The van der Waals surface area contributed by atoms with Gasteiger partial charge in [0.05, 0.1) is 0 Å². The first-order chi connectivity index (χ1) is 8.60. The molecule has 0 aromatic rings. The van der Waals surface area contributed by atoms with Gasteiger partial charge in [-0.1, -0.05) is 33.6 Å². The van der Waals surface area contributed by atoms with Gasteiger partial charge in [-0.05, 0) is 43.1 Å². The van der Waals surface area contributed by atoms with Crippen molar-refractivity contribution in [1.29, 1.82) is 0 Å². The van der Waals surface area contributed by atoms with Crippen LogP contribution in [-0.2, 0) is 0 Å². The summed E-state index contributed by atoms with van der Waals surface area (Å²) in [5.74, 6) is 1.66. The summed E-state index contributed by atoms with van der Waals surface area (Å²) >= 11 is 0. The van der Waals surface area contributed by atoms with Crippen LogP contribution in [0.3, 0.4) is 0 Å². The Hall–Kier alpha value is -0.0800. The van der Waals surface area contributed by atoms with E-state index in [1.165, 1.54) is 64.8 Å². The Labute approximate surface area is 114 Å². The van der Waals surface area contributed by atoms with Crippen molar-refractivity contribution >= 4 is 0 Å². The van der Waals surface area contributed by atoms with Gasteiger partial charge in [0.25, 0.3) is 0 Å². The Morgan fingerprint density at radius 3 is 2.67 bits per heavy atom. The first kappa shape index (κ1) is 14.3. The predicted octanol–water partition coefficient (Wildman–Crippen LogP) is 3.13. The van der Waals surface area contributed by atoms with E-state index in [9.17, 15) is 0 Å². The van der Waals surface area contributed by atoms with Crippen LogP contribution in [0.5, 0.6) is 0 Å². The highest BCUT2D eigenvalue weighted by molar-refractivity contribution is 4.89. The molecule has 0 aromatic heterocycles. The smallest absolute Gasteiger partial charge is 0.0107 e. The zero-order valence-corrected chi connectivity index (χ0v) is 12.7.